The second-order valence-corrected chi connectivity index (χ2v) is 4.60. The first-order valence-electron chi connectivity index (χ1n) is 5.75. The highest BCUT2D eigenvalue weighted by atomic mass is 19.2. The predicted molar refractivity (Wildman–Crippen MR) is 60.5 cm³/mol. The molecule has 3 heteroatoms. The van der Waals surface area contributed by atoms with Gasteiger partial charge in [0, 0.05) is 6.04 Å². The van der Waals surface area contributed by atoms with Crippen molar-refractivity contribution in [1.82, 2.24) is 5.32 Å². The van der Waals surface area contributed by atoms with Crippen molar-refractivity contribution in [1.29, 1.82) is 0 Å². The Bertz CT molecular complexity index is 390. The maximum atomic E-state index is 13.7. The Hall–Kier alpha value is -0.960. The Morgan fingerprint density at radius 1 is 1.19 bits per heavy atom. The lowest BCUT2D eigenvalue weighted by Gasteiger charge is -2.13. The lowest BCUT2D eigenvalue weighted by molar-refractivity contribution is 0.480. The summed E-state index contributed by atoms with van der Waals surface area (Å²) < 4.78 is 27.2. The minimum atomic E-state index is -0.689. The number of nitrogens with one attached hydrogen (secondary N) is 1. The minimum Gasteiger partial charge on any atom is -0.317 e. The van der Waals surface area contributed by atoms with Gasteiger partial charge < -0.3 is 5.32 Å². The number of hydrogen-bond acceptors (Lipinski definition) is 1. The lowest BCUT2D eigenvalue weighted by Crippen LogP contribution is -2.21. The molecule has 1 aliphatic rings. The Balaban J connectivity index is 2.25. The molecule has 1 aliphatic carbocycles. The van der Waals surface area contributed by atoms with E-state index in [2.05, 4.69) is 5.32 Å². The zero-order chi connectivity index (χ0) is 11.7. The lowest BCUT2D eigenvalue weighted by atomic mass is 9.95. The molecule has 1 nitrogen and oxygen atoms in total. The molecule has 2 rings (SSSR count). The van der Waals surface area contributed by atoms with Crippen LogP contribution in [-0.2, 0) is 0 Å². The fourth-order valence-electron chi connectivity index (χ4n) is 2.50. The molecule has 1 saturated carbocycles. The second kappa shape index (κ2) is 4.50. The molecule has 0 heterocycles. The summed E-state index contributed by atoms with van der Waals surface area (Å²) in [6.07, 6.45) is 2.87. The third-order valence-electron chi connectivity index (χ3n) is 3.59. The van der Waals surface area contributed by atoms with E-state index in [1.54, 1.807) is 19.1 Å². The van der Waals surface area contributed by atoms with Crippen LogP contribution < -0.4 is 5.32 Å². The minimum absolute atomic E-state index is 0.160. The van der Waals surface area contributed by atoms with Crippen molar-refractivity contribution in [3.05, 3.63) is 34.9 Å². The number of benzene rings is 1. The van der Waals surface area contributed by atoms with Gasteiger partial charge in [-0.2, -0.15) is 0 Å². The van der Waals surface area contributed by atoms with Crippen LogP contribution in [0.1, 0.15) is 36.3 Å². The predicted octanol–water partition coefficient (Wildman–Crippen LogP) is 3.13. The van der Waals surface area contributed by atoms with Gasteiger partial charge >= 0.3 is 0 Å². The first-order valence-corrected chi connectivity index (χ1v) is 5.75. The van der Waals surface area contributed by atoms with Gasteiger partial charge in [0.15, 0.2) is 11.6 Å². The smallest absolute Gasteiger partial charge is 0.162 e. The van der Waals surface area contributed by atoms with Gasteiger partial charge in [0.1, 0.15) is 0 Å². The van der Waals surface area contributed by atoms with Crippen LogP contribution in [0.4, 0.5) is 8.78 Å². The molecule has 0 aliphatic heterocycles. The van der Waals surface area contributed by atoms with Crippen LogP contribution in [0.5, 0.6) is 0 Å². The Labute approximate surface area is 94.9 Å². The molecule has 1 aromatic carbocycles. The largest absolute Gasteiger partial charge is 0.317 e. The molecule has 1 aromatic rings. The summed E-state index contributed by atoms with van der Waals surface area (Å²) in [6, 6.07) is 3.84. The zero-order valence-electron chi connectivity index (χ0n) is 9.69. The molecule has 0 aromatic heterocycles. The van der Waals surface area contributed by atoms with Crippen molar-refractivity contribution in [2.45, 2.75) is 38.1 Å². The van der Waals surface area contributed by atoms with E-state index in [4.69, 9.17) is 0 Å². The van der Waals surface area contributed by atoms with Crippen molar-refractivity contribution < 1.29 is 8.78 Å². The third-order valence-corrected chi connectivity index (χ3v) is 3.59. The molecule has 0 spiro atoms. The first kappa shape index (κ1) is 11.5. The van der Waals surface area contributed by atoms with Crippen molar-refractivity contribution in [2.24, 2.45) is 0 Å². The number of rotatable bonds is 2. The molecule has 2 unspecified atom stereocenters. The molecule has 0 amide bonds. The molecular formula is C13H17F2N. The standard InChI is InChI=1S/C13H17F2N/c1-8-3-6-11(13(15)12(8)14)9-4-5-10(7-9)16-2/h3,6,9-10,16H,4-5,7H2,1-2H3. The van der Waals surface area contributed by atoms with Crippen LogP contribution in [0.25, 0.3) is 0 Å². The summed E-state index contributed by atoms with van der Waals surface area (Å²) >= 11 is 0. The summed E-state index contributed by atoms with van der Waals surface area (Å²) in [7, 11) is 1.92. The van der Waals surface area contributed by atoms with Crippen LogP contribution in [0.3, 0.4) is 0 Å². The normalized spacial score (nSPS) is 25.0. The molecular weight excluding hydrogens is 208 g/mol. The summed E-state index contributed by atoms with van der Waals surface area (Å²) in [4.78, 5) is 0. The van der Waals surface area contributed by atoms with E-state index >= 15 is 0 Å². The quantitative estimate of drug-likeness (QED) is 0.815. The molecule has 1 N–H and O–H groups in total. The molecule has 88 valence electrons. The van der Waals surface area contributed by atoms with Crippen LogP contribution in [0, 0.1) is 18.6 Å². The van der Waals surface area contributed by atoms with Crippen LogP contribution in [0.2, 0.25) is 0 Å². The second-order valence-electron chi connectivity index (χ2n) is 4.60. The zero-order valence-corrected chi connectivity index (χ0v) is 9.69. The number of halogens is 2. The first-order chi connectivity index (χ1) is 7.63. The van der Waals surface area contributed by atoms with Crippen molar-refractivity contribution in [2.75, 3.05) is 7.05 Å². The van der Waals surface area contributed by atoms with Gasteiger partial charge in [-0.3, -0.25) is 0 Å². The van der Waals surface area contributed by atoms with E-state index in [1.165, 1.54) is 0 Å². The van der Waals surface area contributed by atoms with Crippen molar-refractivity contribution >= 4 is 0 Å². The number of aryl methyl sites for hydroxylation is 1. The summed E-state index contributed by atoms with van der Waals surface area (Å²) in [5, 5.41) is 3.19. The highest BCUT2D eigenvalue weighted by Gasteiger charge is 2.27. The molecule has 2 atom stereocenters. The SMILES string of the molecule is CNC1CCC(c2ccc(C)c(F)c2F)C1. The molecule has 0 radical (unpaired) electrons. The Kier molecular flexibility index (Phi) is 3.24. The van der Waals surface area contributed by atoms with E-state index in [-0.39, 0.29) is 5.92 Å². The highest BCUT2D eigenvalue weighted by molar-refractivity contribution is 5.29. The monoisotopic (exact) mass is 225 g/mol. The average molecular weight is 225 g/mol. The van der Waals surface area contributed by atoms with Gasteiger partial charge in [0.05, 0.1) is 0 Å². The van der Waals surface area contributed by atoms with E-state index in [0.717, 1.165) is 19.3 Å². The third kappa shape index (κ3) is 1.96. The fourth-order valence-corrected chi connectivity index (χ4v) is 2.50. The maximum Gasteiger partial charge on any atom is 0.162 e. The molecule has 16 heavy (non-hydrogen) atoms. The highest BCUT2D eigenvalue weighted by Crippen LogP contribution is 2.36. The van der Waals surface area contributed by atoms with Gasteiger partial charge in [-0.15, -0.1) is 0 Å². The fraction of sp³-hybridized carbons (Fsp3) is 0.538. The van der Waals surface area contributed by atoms with Crippen LogP contribution >= 0.6 is 0 Å². The Morgan fingerprint density at radius 2 is 1.94 bits per heavy atom. The average Bonchev–Trinajstić information content (AvgIpc) is 2.74. The van der Waals surface area contributed by atoms with Gasteiger partial charge in [-0.25, -0.2) is 8.78 Å². The maximum absolute atomic E-state index is 13.7. The van der Waals surface area contributed by atoms with Crippen molar-refractivity contribution in [3.63, 3.8) is 0 Å². The summed E-state index contributed by atoms with van der Waals surface area (Å²) in [6.45, 7) is 1.59. The Morgan fingerprint density at radius 3 is 2.56 bits per heavy atom. The van der Waals surface area contributed by atoms with E-state index in [1.807, 2.05) is 7.05 Å². The van der Waals surface area contributed by atoms with E-state index < -0.39 is 11.6 Å². The summed E-state index contributed by atoms with van der Waals surface area (Å²) in [5.74, 6) is -1.18. The van der Waals surface area contributed by atoms with Gasteiger partial charge in [0.2, 0.25) is 0 Å². The van der Waals surface area contributed by atoms with Gasteiger partial charge in [-0.1, -0.05) is 12.1 Å². The van der Waals surface area contributed by atoms with E-state index in [0.29, 0.717) is 17.2 Å². The number of hydrogen-bond donors (Lipinski definition) is 1. The van der Waals surface area contributed by atoms with Gasteiger partial charge in [-0.05, 0) is 50.3 Å². The summed E-state index contributed by atoms with van der Waals surface area (Å²) in [5.41, 5.74) is 0.922. The van der Waals surface area contributed by atoms with Crippen molar-refractivity contribution in [3.8, 4) is 0 Å². The van der Waals surface area contributed by atoms with Gasteiger partial charge in [0.25, 0.3) is 0 Å². The molecule has 1 fully saturated rings. The molecule has 0 saturated heterocycles. The van der Waals surface area contributed by atoms with Crippen LogP contribution in [0.15, 0.2) is 12.1 Å². The van der Waals surface area contributed by atoms with Crippen LogP contribution in [-0.4, -0.2) is 13.1 Å². The molecule has 0 bridgehead atoms. The van der Waals surface area contributed by atoms with E-state index in [9.17, 15) is 8.78 Å². The topological polar surface area (TPSA) is 12.0 Å².